The van der Waals surface area contributed by atoms with Crippen molar-refractivity contribution in [2.75, 3.05) is 0 Å². The van der Waals surface area contributed by atoms with E-state index in [9.17, 15) is 4.79 Å². The third kappa shape index (κ3) is 4.17. The molecule has 0 heterocycles. The minimum Gasteiger partial charge on any atom is -0.289 e. The molecule has 0 radical (unpaired) electrons. The summed E-state index contributed by atoms with van der Waals surface area (Å²) >= 11 is 0. The molecule has 0 saturated carbocycles. The van der Waals surface area contributed by atoms with Crippen molar-refractivity contribution >= 4 is 11.9 Å². The molecular formula is C23H18O. The molecule has 3 aromatic rings. The summed E-state index contributed by atoms with van der Waals surface area (Å²) in [4.78, 5) is 12.2. The SMILES string of the molecule is O=C(C=CC=Cc1ccccc1)c1ccc(-c2ccccc2)cc1. The Morgan fingerprint density at radius 2 is 1.21 bits per heavy atom. The molecule has 0 amide bonds. The molecule has 0 aromatic heterocycles. The lowest BCUT2D eigenvalue weighted by molar-refractivity contribution is 0.104. The first-order valence-corrected chi connectivity index (χ1v) is 7.92. The molecule has 0 atom stereocenters. The molecule has 0 unspecified atom stereocenters. The number of rotatable bonds is 5. The van der Waals surface area contributed by atoms with Crippen molar-refractivity contribution in [2.45, 2.75) is 0 Å². The Balaban J connectivity index is 1.65. The van der Waals surface area contributed by atoms with Crippen LogP contribution in [0.1, 0.15) is 15.9 Å². The maximum absolute atomic E-state index is 12.2. The Hall–Kier alpha value is -3.19. The van der Waals surface area contributed by atoms with Gasteiger partial charge in [0.1, 0.15) is 0 Å². The third-order valence-corrected chi connectivity index (χ3v) is 3.72. The van der Waals surface area contributed by atoms with Crippen molar-refractivity contribution in [3.05, 3.63) is 114 Å². The second kappa shape index (κ2) is 7.89. The summed E-state index contributed by atoms with van der Waals surface area (Å²) in [6.45, 7) is 0. The van der Waals surface area contributed by atoms with Crippen molar-refractivity contribution < 1.29 is 4.79 Å². The van der Waals surface area contributed by atoms with E-state index in [1.54, 1.807) is 12.2 Å². The molecule has 116 valence electrons. The molecule has 0 fully saturated rings. The lowest BCUT2D eigenvalue weighted by atomic mass is 10.0. The molecule has 0 aliphatic heterocycles. The molecule has 0 spiro atoms. The van der Waals surface area contributed by atoms with Crippen molar-refractivity contribution in [3.8, 4) is 11.1 Å². The number of ketones is 1. The van der Waals surface area contributed by atoms with Crippen LogP contribution in [0.2, 0.25) is 0 Å². The quantitative estimate of drug-likeness (QED) is 0.330. The second-order valence-electron chi connectivity index (χ2n) is 5.44. The molecular weight excluding hydrogens is 292 g/mol. The summed E-state index contributed by atoms with van der Waals surface area (Å²) in [5.41, 5.74) is 4.07. The van der Waals surface area contributed by atoms with Crippen LogP contribution in [0.4, 0.5) is 0 Å². The molecule has 0 N–H and O–H groups in total. The molecule has 3 rings (SSSR count). The predicted molar refractivity (Wildman–Crippen MR) is 101 cm³/mol. The van der Waals surface area contributed by atoms with Gasteiger partial charge in [-0.1, -0.05) is 103 Å². The number of hydrogen-bond acceptors (Lipinski definition) is 1. The Labute approximate surface area is 142 Å². The molecule has 0 bridgehead atoms. The first-order chi connectivity index (χ1) is 11.8. The number of carbonyl (C=O) groups excluding carboxylic acids is 1. The molecule has 1 heteroatoms. The molecule has 0 aliphatic carbocycles. The standard InChI is InChI=1S/C23H18O/c24-23(14-8-7-11-19-9-3-1-4-10-19)22-17-15-21(16-18-22)20-12-5-2-6-13-20/h1-18H. The first kappa shape index (κ1) is 15.7. The smallest absolute Gasteiger partial charge is 0.185 e. The minimum atomic E-state index is 0.00678. The Bertz CT molecular complexity index is 842. The Kier molecular flexibility index (Phi) is 5.16. The van der Waals surface area contributed by atoms with E-state index in [2.05, 4.69) is 12.1 Å². The number of hydrogen-bond donors (Lipinski definition) is 0. The maximum atomic E-state index is 12.2. The van der Waals surface area contributed by atoms with E-state index in [4.69, 9.17) is 0 Å². The fourth-order valence-electron chi connectivity index (χ4n) is 2.43. The van der Waals surface area contributed by atoms with Crippen molar-refractivity contribution in [1.82, 2.24) is 0 Å². The van der Waals surface area contributed by atoms with Gasteiger partial charge in [-0.05, 0) is 22.8 Å². The Morgan fingerprint density at radius 3 is 1.88 bits per heavy atom. The van der Waals surface area contributed by atoms with Crippen LogP contribution in [-0.4, -0.2) is 5.78 Å². The van der Waals surface area contributed by atoms with Gasteiger partial charge in [0.05, 0.1) is 0 Å². The van der Waals surface area contributed by atoms with Gasteiger partial charge in [-0.2, -0.15) is 0 Å². The summed E-state index contributed by atoms with van der Waals surface area (Å²) in [5.74, 6) is 0.00678. The highest BCUT2D eigenvalue weighted by atomic mass is 16.1. The van der Waals surface area contributed by atoms with Crippen LogP contribution in [0.15, 0.2) is 103 Å². The van der Waals surface area contributed by atoms with Crippen LogP contribution in [-0.2, 0) is 0 Å². The van der Waals surface area contributed by atoms with Gasteiger partial charge in [0.2, 0.25) is 0 Å². The van der Waals surface area contributed by atoms with Crippen LogP contribution < -0.4 is 0 Å². The van der Waals surface area contributed by atoms with Crippen molar-refractivity contribution in [2.24, 2.45) is 0 Å². The largest absolute Gasteiger partial charge is 0.289 e. The van der Waals surface area contributed by atoms with Crippen LogP contribution in [0, 0.1) is 0 Å². The highest BCUT2D eigenvalue weighted by molar-refractivity contribution is 6.04. The lowest BCUT2D eigenvalue weighted by Crippen LogP contribution is -1.93. The third-order valence-electron chi connectivity index (χ3n) is 3.72. The van der Waals surface area contributed by atoms with E-state index in [1.807, 2.05) is 84.9 Å². The van der Waals surface area contributed by atoms with E-state index in [0.717, 1.165) is 16.7 Å². The summed E-state index contributed by atoms with van der Waals surface area (Å²) in [7, 11) is 0. The number of benzene rings is 3. The van der Waals surface area contributed by atoms with Gasteiger partial charge < -0.3 is 0 Å². The topological polar surface area (TPSA) is 17.1 Å². The lowest BCUT2D eigenvalue weighted by Gasteiger charge is -2.02. The predicted octanol–water partition coefficient (Wildman–Crippen LogP) is 5.81. The average Bonchev–Trinajstić information content (AvgIpc) is 2.67. The van der Waals surface area contributed by atoms with Gasteiger partial charge in [-0.25, -0.2) is 0 Å². The van der Waals surface area contributed by atoms with E-state index in [1.165, 1.54) is 0 Å². The van der Waals surface area contributed by atoms with Gasteiger partial charge in [-0.15, -0.1) is 0 Å². The van der Waals surface area contributed by atoms with Gasteiger partial charge in [0, 0.05) is 5.56 Å². The zero-order chi connectivity index (χ0) is 16.6. The summed E-state index contributed by atoms with van der Waals surface area (Å²) in [6.07, 6.45) is 7.23. The van der Waals surface area contributed by atoms with Crippen LogP contribution in [0.25, 0.3) is 17.2 Å². The molecule has 24 heavy (non-hydrogen) atoms. The highest BCUT2D eigenvalue weighted by Gasteiger charge is 2.02. The first-order valence-electron chi connectivity index (χ1n) is 7.92. The minimum absolute atomic E-state index is 0.00678. The zero-order valence-electron chi connectivity index (χ0n) is 13.3. The summed E-state index contributed by atoms with van der Waals surface area (Å²) in [5, 5.41) is 0. The summed E-state index contributed by atoms with van der Waals surface area (Å²) < 4.78 is 0. The van der Waals surface area contributed by atoms with E-state index in [-0.39, 0.29) is 5.78 Å². The highest BCUT2D eigenvalue weighted by Crippen LogP contribution is 2.19. The molecule has 0 aliphatic rings. The fraction of sp³-hybridized carbons (Fsp3) is 0. The van der Waals surface area contributed by atoms with Gasteiger partial charge in [-0.3, -0.25) is 4.79 Å². The van der Waals surface area contributed by atoms with Crippen LogP contribution in [0.3, 0.4) is 0 Å². The van der Waals surface area contributed by atoms with Crippen LogP contribution >= 0.6 is 0 Å². The van der Waals surface area contributed by atoms with Crippen molar-refractivity contribution in [1.29, 1.82) is 0 Å². The van der Waals surface area contributed by atoms with Crippen molar-refractivity contribution in [3.63, 3.8) is 0 Å². The van der Waals surface area contributed by atoms with Gasteiger partial charge >= 0.3 is 0 Å². The zero-order valence-corrected chi connectivity index (χ0v) is 13.3. The van der Waals surface area contributed by atoms with E-state index < -0.39 is 0 Å². The normalized spacial score (nSPS) is 11.2. The van der Waals surface area contributed by atoms with Gasteiger partial charge in [0.25, 0.3) is 0 Å². The van der Waals surface area contributed by atoms with Gasteiger partial charge in [0.15, 0.2) is 5.78 Å². The van der Waals surface area contributed by atoms with Crippen LogP contribution in [0.5, 0.6) is 0 Å². The molecule has 0 saturated heterocycles. The molecule has 1 nitrogen and oxygen atoms in total. The second-order valence-corrected chi connectivity index (χ2v) is 5.44. The average molecular weight is 310 g/mol. The monoisotopic (exact) mass is 310 g/mol. The Morgan fingerprint density at radius 1 is 0.625 bits per heavy atom. The molecule has 3 aromatic carbocycles. The van der Waals surface area contributed by atoms with E-state index in [0.29, 0.717) is 5.56 Å². The van der Waals surface area contributed by atoms with E-state index >= 15 is 0 Å². The number of allylic oxidation sites excluding steroid dienone is 3. The fourth-order valence-corrected chi connectivity index (χ4v) is 2.43. The number of carbonyl (C=O) groups is 1. The maximum Gasteiger partial charge on any atom is 0.185 e. The summed E-state index contributed by atoms with van der Waals surface area (Å²) in [6, 6.07) is 27.8.